The Bertz CT molecular complexity index is 365. The minimum absolute atomic E-state index is 0.196. The second-order valence-corrected chi connectivity index (χ2v) is 4.36. The molecule has 1 saturated heterocycles. The van der Waals surface area contributed by atoms with Gasteiger partial charge in [-0.3, -0.25) is 9.59 Å². The molecule has 0 radical (unpaired) electrons. The van der Waals surface area contributed by atoms with Gasteiger partial charge in [-0.25, -0.2) is 4.79 Å². The largest absolute Gasteiger partial charge is 0.480 e. The summed E-state index contributed by atoms with van der Waals surface area (Å²) in [5, 5.41) is 18.6. The standard InChI is InChI=1S/C11H17NO6/c1-11(17,18-2)8(13)9(14)12-6-4-3-5-7(12)10(15)16/h7,17H,3-6H2,1-2H3,(H,15,16)/t7-,11?/m0/s1. The predicted molar refractivity (Wildman–Crippen MR) is 59.6 cm³/mol. The molecule has 1 fully saturated rings. The highest BCUT2D eigenvalue weighted by Gasteiger charge is 2.42. The summed E-state index contributed by atoms with van der Waals surface area (Å²) in [5.74, 6) is -5.54. The minimum atomic E-state index is -2.22. The SMILES string of the molecule is COC(C)(O)C(=O)C(=O)N1CCCC[C@H]1C(=O)O. The fourth-order valence-electron chi connectivity index (χ4n) is 1.85. The van der Waals surface area contributed by atoms with Gasteiger partial charge in [0.05, 0.1) is 0 Å². The third-order valence-corrected chi connectivity index (χ3v) is 3.06. The van der Waals surface area contributed by atoms with E-state index in [0.717, 1.165) is 18.9 Å². The fraction of sp³-hybridized carbons (Fsp3) is 0.727. The average Bonchev–Trinajstić information content (AvgIpc) is 2.36. The van der Waals surface area contributed by atoms with Gasteiger partial charge in [-0.1, -0.05) is 0 Å². The number of hydrogen-bond donors (Lipinski definition) is 2. The van der Waals surface area contributed by atoms with Crippen LogP contribution < -0.4 is 0 Å². The molecule has 1 aliphatic heterocycles. The van der Waals surface area contributed by atoms with Crippen LogP contribution in [0.2, 0.25) is 0 Å². The van der Waals surface area contributed by atoms with E-state index in [-0.39, 0.29) is 6.54 Å². The first-order valence-electron chi connectivity index (χ1n) is 5.67. The number of aliphatic hydroxyl groups is 1. The number of carbonyl (C=O) groups excluding carboxylic acids is 2. The van der Waals surface area contributed by atoms with Crippen molar-refractivity contribution in [3.8, 4) is 0 Å². The molecule has 7 nitrogen and oxygen atoms in total. The third kappa shape index (κ3) is 2.85. The van der Waals surface area contributed by atoms with Crippen molar-refractivity contribution in [2.24, 2.45) is 0 Å². The minimum Gasteiger partial charge on any atom is -0.480 e. The zero-order valence-electron chi connectivity index (χ0n) is 10.4. The number of carbonyl (C=O) groups is 3. The lowest BCUT2D eigenvalue weighted by molar-refractivity contribution is -0.192. The van der Waals surface area contributed by atoms with Gasteiger partial charge in [-0.15, -0.1) is 0 Å². The lowest BCUT2D eigenvalue weighted by atomic mass is 10.0. The third-order valence-electron chi connectivity index (χ3n) is 3.06. The Kier molecular flexibility index (Phi) is 4.42. The quantitative estimate of drug-likeness (QED) is 0.515. The predicted octanol–water partition coefficient (Wildman–Crippen LogP) is -0.624. The van der Waals surface area contributed by atoms with Gasteiger partial charge < -0.3 is 19.8 Å². The molecule has 0 aromatic rings. The molecule has 1 rings (SSSR count). The van der Waals surface area contributed by atoms with Crippen molar-refractivity contribution in [2.75, 3.05) is 13.7 Å². The number of aliphatic carboxylic acids is 1. The number of hydrogen-bond acceptors (Lipinski definition) is 5. The van der Waals surface area contributed by atoms with Crippen molar-refractivity contribution >= 4 is 17.7 Å². The number of methoxy groups -OCH3 is 1. The van der Waals surface area contributed by atoms with Gasteiger partial charge in [0, 0.05) is 13.7 Å². The molecule has 1 heterocycles. The Hall–Kier alpha value is -1.47. The molecule has 18 heavy (non-hydrogen) atoms. The molecular formula is C11H17NO6. The van der Waals surface area contributed by atoms with Crippen LogP contribution in [0.4, 0.5) is 0 Å². The molecule has 0 bridgehead atoms. The molecule has 0 aliphatic carbocycles. The topological polar surface area (TPSA) is 104 Å². The van der Waals surface area contributed by atoms with E-state index in [9.17, 15) is 19.5 Å². The monoisotopic (exact) mass is 259 g/mol. The highest BCUT2D eigenvalue weighted by Crippen LogP contribution is 2.19. The summed E-state index contributed by atoms with van der Waals surface area (Å²) in [7, 11) is 1.09. The van der Waals surface area contributed by atoms with E-state index in [1.165, 1.54) is 0 Å². The van der Waals surface area contributed by atoms with Gasteiger partial charge in [-0.2, -0.15) is 0 Å². The summed E-state index contributed by atoms with van der Waals surface area (Å²) < 4.78 is 4.52. The Morgan fingerprint density at radius 2 is 1.94 bits per heavy atom. The van der Waals surface area contributed by atoms with Crippen LogP contribution in [0.5, 0.6) is 0 Å². The zero-order chi connectivity index (χ0) is 13.9. The molecular weight excluding hydrogens is 242 g/mol. The fourth-order valence-corrected chi connectivity index (χ4v) is 1.85. The number of Topliss-reactive ketones (excluding diaryl/α,β-unsaturated/α-hetero) is 1. The van der Waals surface area contributed by atoms with Gasteiger partial charge in [0.15, 0.2) is 0 Å². The average molecular weight is 259 g/mol. The first kappa shape index (κ1) is 14.6. The Labute approximate surface area is 104 Å². The van der Waals surface area contributed by atoms with Crippen LogP contribution >= 0.6 is 0 Å². The normalized spacial score (nSPS) is 23.3. The summed E-state index contributed by atoms with van der Waals surface area (Å²) >= 11 is 0. The van der Waals surface area contributed by atoms with Crippen LogP contribution in [-0.2, 0) is 19.1 Å². The van der Waals surface area contributed by atoms with Crippen LogP contribution in [0.1, 0.15) is 26.2 Å². The van der Waals surface area contributed by atoms with E-state index in [1.807, 2.05) is 0 Å². The number of amides is 1. The van der Waals surface area contributed by atoms with Gasteiger partial charge in [-0.05, 0) is 26.2 Å². The van der Waals surface area contributed by atoms with Gasteiger partial charge in [0.25, 0.3) is 11.7 Å². The van der Waals surface area contributed by atoms with Crippen molar-refractivity contribution in [3.63, 3.8) is 0 Å². The Morgan fingerprint density at radius 1 is 1.33 bits per heavy atom. The van der Waals surface area contributed by atoms with E-state index in [4.69, 9.17) is 5.11 Å². The van der Waals surface area contributed by atoms with Crippen molar-refractivity contribution in [1.82, 2.24) is 4.90 Å². The van der Waals surface area contributed by atoms with Crippen molar-refractivity contribution in [1.29, 1.82) is 0 Å². The number of ketones is 1. The van der Waals surface area contributed by atoms with Gasteiger partial charge >= 0.3 is 5.97 Å². The van der Waals surface area contributed by atoms with Crippen molar-refractivity contribution in [3.05, 3.63) is 0 Å². The smallest absolute Gasteiger partial charge is 0.326 e. The number of carboxylic acid groups (broad SMARTS) is 1. The molecule has 1 unspecified atom stereocenters. The summed E-state index contributed by atoms with van der Waals surface area (Å²) in [6, 6.07) is -1.01. The van der Waals surface area contributed by atoms with Crippen molar-refractivity contribution in [2.45, 2.75) is 38.0 Å². The molecule has 0 aromatic carbocycles. The molecule has 0 saturated carbocycles. The Balaban J connectivity index is 2.87. The van der Waals surface area contributed by atoms with Gasteiger partial charge in [0.1, 0.15) is 6.04 Å². The molecule has 2 N–H and O–H groups in total. The number of ether oxygens (including phenoxy) is 1. The maximum absolute atomic E-state index is 11.9. The first-order chi connectivity index (χ1) is 8.31. The van der Waals surface area contributed by atoms with E-state index in [1.54, 1.807) is 0 Å². The van der Waals surface area contributed by atoms with E-state index in [2.05, 4.69) is 4.74 Å². The molecule has 0 aromatic heterocycles. The van der Waals surface area contributed by atoms with Crippen LogP contribution in [0.25, 0.3) is 0 Å². The Morgan fingerprint density at radius 3 is 2.44 bits per heavy atom. The number of likely N-dealkylation sites (tertiary alicyclic amines) is 1. The van der Waals surface area contributed by atoms with E-state index >= 15 is 0 Å². The molecule has 102 valence electrons. The lowest BCUT2D eigenvalue weighted by Crippen LogP contribution is -2.55. The molecule has 2 atom stereocenters. The summed E-state index contributed by atoms with van der Waals surface area (Å²) in [4.78, 5) is 35.6. The maximum Gasteiger partial charge on any atom is 0.326 e. The maximum atomic E-state index is 11.9. The summed E-state index contributed by atoms with van der Waals surface area (Å²) in [6.07, 6.45) is 1.64. The number of piperidine rings is 1. The number of rotatable bonds is 4. The van der Waals surface area contributed by atoms with Crippen LogP contribution in [0.3, 0.4) is 0 Å². The molecule has 1 amide bonds. The zero-order valence-corrected chi connectivity index (χ0v) is 10.4. The highest BCUT2D eigenvalue weighted by atomic mass is 16.6. The number of nitrogens with zero attached hydrogens (tertiary/aromatic N) is 1. The van der Waals surface area contributed by atoms with Crippen molar-refractivity contribution < 1.29 is 29.3 Å². The first-order valence-corrected chi connectivity index (χ1v) is 5.67. The lowest BCUT2D eigenvalue weighted by Gasteiger charge is -2.33. The van der Waals surface area contributed by atoms with Crippen LogP contribution in [0.15, 0.2) is 0 Å². The van der Waals surface area contributed by atoms with E-state index in [0.29, 0.717) is 19.3 Å². The molecule has 7 heteroatoms. The molecule has 1 aliphatic rings. The second kappa shape index (κ2) is 5.45. The highest BCUT2D eigenvalue weighted by molar-refractivity contribution is 6.38. The van der Waals surface area contributed by atoms with Crippen LogP contribution in [0, 0.1) is 0 Å². The van der Waals surface area contributed by atoms with Crippen LogP contribution in [-0.4, -0.2) is 58.3 Å². The second-order valence-electron chi connectivity index (χ2n) is 4.36. The van der Waals surface area contributed by atoms with E-state index < -0.39 is 29.5 Å². The number of carboxylic acids is 1. The molecule has 0 spiro atoms. The van der Waals surface area contributed by atoms with Gasteiger partial charge in [0.2, 0.25) is 5.79 Å². The summed E-state index contributed by atoms with van der Waals surface area (Å²) in [6.45, 7) is 1.24. The summed E-state index contributed by atoms with van der Waals surface area (Å²) in [5.41, 5.74) is 0.